The van der Waals surface area contributed by atoms with Crippen LogP contribution in [0.3, 0.4) is 0 Å². The van der Waals surface area contributed by atoms with E-state index >= 15 is 0 Å². The number of hydrogen-bond acceptors (Lipinski definition) is 7. The number of aryl methyl sites for hydroxylation is 2. The van der Waals surface area contributed by atoms with Crippen LogP contribution in [0.5, 0.6) is 0 Å². The number of benzene rings is 1. The number of tetrazole rings is 1. The predicted molar refractivity (Wildman–Crippen MR) is 86.5 cm³/mol. The third-order valence-corrected chi connectivity index (χ3v) is 4.27. The van der Waals surface area contributed by atoms with Crippen LogP contribution in [0.15, 0.2) is 28.8 Å². The zero-order valence-electron chi connectivity index (χ0n) is 14.0. The highest BCUT2D eigenvalue weighted by atomic mass is 16.5. The van der Waals surface area contributed by atoms with Crippen molar-refractivity contribution in [3.63, 3.8) is 0 Å². The molecule has 25 heavy (non-hydrogen) atoms. The van der Waals surface area contributed by atoms with Gasteiger partial charge in [-0.25, -0.2) is 0 Å². The van der Waals surface area contributed by atoms with Crippen molar-refractivity contribution in [3.8, 4) is 11.4 Å². The fraction of sp³-hybridized carbons (Fsp3) is 0.375. The summed E-state index contributed by atoms with van der Waals surface area (Å²) >= 11 is 0. The van der Waals surface area contributed by atoms with Crippen molar-refractivity contribution >= 4 is 5.91 Å². The fourth-order valence-corrected chi connectivity index (χ4v) is 2.97. The van der Waals surface area contributed by atoms with Crippen molar-refractivity contribution in [2.45, 2.75) is 19.3 Å². The normalized spacial score (nSPS) is 17.2. The maximum atomic E-state index is 12.7. The van der Waals surface area contributed by atoms with Crippen molar-refractivity contribution < 1.29 is 9.32 Å². The third-order valence-electron chi connectivity index (χ3n) is 4.27. The Balaban J connectivity index is 1.46. The monoisotopic (exact) mass is 339 g/mol. The highest BCUT2D eigenvalue weighted by molar-refractivity contribution is 5.94. The number of hydrogen-bond donors (Lipinski definition) is 0. The lowest BCUT2D eigenvalue weighted by molar-refractivity contribution is 0.0789. The first kappa shape index (κ1) is 15.4. The molecule has 1 aromatic carbocycles. The second-order valence-electron chi connectivity index (χ2n) is 6.10. The van der Waals surface area contributed by atoms with Gasteiger partial charge in [-0.3, -0.25) is 4.79 Å². The number of carbonyl (C=O) groups excluding carboxylic acids is 1. The summed E-state index contributed by atoms with van der Waals surface area (Å²) < 4.78 is 5.23. The molecule has 4 rings (SSSR count). The molecule has 0 saturated carbocycles. The second-order valence-corrected chi connectivity index (χ2v) is 6.10. The highest BCUT2D eigenvalue weighted by Gasteiger charge is 2.31. The van der Waals surface area contributed by atoms with E-state index in [4.69, 9.17) is 4.52 Å². The summed E-state index contributed by atoms with van der Waals surface area (Å²) in [4.78, 5) is 20.2. The quantitative estimate of drug-likeness (QED) is 0.706. The van der Waals surface area contributed by atoms with Crippen molar-refractivity contribution in [1.29, 1.82) is 0 Å². The molecule has 0 spiro atoms. The number of aromatic nitrogens is 6. The molecule has 1 saturated heterocycles. The Labute approximate surface area is 143 Å². The molecule has 0 radical (unpaired) electrons. The Kier molecular flexibility index (Phi) is 3.75. The molecule has 1 aliphatic rings. The zero-order valence-corrected chi connectivity index (χ0v) is 14.0. The van der Waals surface area contributed by atoms with Crippen LogP contribution in [0.1, 0.15) is 34.4 Å². The van der Waals surface area contributed by atoms with E-state index in [1.54, 1.807) is 26.1 Å². The molecule has 2 aromatic heterocycles. The van der Waals surface area contributed by atoms with Crippen LogP contribution in [-0.4, -0.2) is 54.2 Å². The van der Waals surface area contributed by atoms with E-state index < -0.39 is 0 Å². The van der Waals surface area contributed by atoms with Gasteiger partial charge in [0.25, 0.3) is 5.91 Å². The summed E-state index contributed by atoms with van der Waals surface area (Å²) in [7, 11) is 1.71. The fourth-order valence-electron chi connectivity index (χ4n) is 2.97. The number of rotatable bonds is 3. The molecule has 3 aromatic rings. The summed E-state index contributed by atoms with van der Waals surface area (Å²) in [6.07, 6.45) is 0.828. The van der Waals surface area contributed by atoms with E-state index in [-0.39, 0.29) is 11.8 Å². The molecule has 1 fully saturated rings. The van der Waals surface area contributed by atoms with E-state index in [0.717, 1.165) is 12.0 Å². The number of likely N-dealkylation sites (tertiary alicyclic amines) is 1. The topological polar surface area (TPSA) is 103 Å². The average Bonchev–Trinajstić information content (AvgIpc) is 3.35. The maximum absolute atomic E-state index is 12.7. The number of amides is 1. The summed E-state index contributed by atoms with van der Waals surface area (Å²) in [6.45, 7) is 3.06. The molecule has 3 heterocycles. The lowest BCUT2D eigenvalue weighted by Crippen LogP contribution is -2.28. The molecule has 0 N–H and O–H groups in total. The molecule has 1 amide bonds. The van der Waals surface area contributed by atoms with Crippen LogP contribution in [0, 0.1) is 6.92 Å². The Morgan fingerprint density at radius 2 is 2.08 bits per heavy atom. The first-order chi connectivity index (χ1) is 12.1. The first-order valence-corrected chi connectivity index (χ1v) is 8.04. The molecule has 0 bridgehead atoms. The Bertz CT molecular complexity index is 899. The predicted octanol–water partition coefficient (Wildman–Crippen LogP) is 1.20. The zero-order chi connectivity index (χ0) is 17.4. The molecule has 1 aliphatic heterocycles. The molecule has 1 unspecified atom stereocenters. The molecule has 128 valence electrons. The highest BCUT2D eigenvalue weighted by Crippen LogP contribution is 2.27. The molecule has 1 atom stereocenters. The van der Waals surface area contributed by atoms with E-state index in [9.17, 15) is 4.79 Å². The van der Waals surface area contributed by atoms with Crippen LogP contribution >= 0.6 is 0 Å². The van der Waals surface area contributed by atoms with Crippen molar-refractivity contribution in [2.75, 3.05) is 13.1 Å². The third kappa shape index (κ3) is 3.00. The SMILES string of the molecule is Cc1noc(C2CCN(C(=O)c3ccc(-c4nnn(C)n4)cc3)C2)n1. The van der Waals surface area contributed by atoms with Gasteiger partial charge >= 0.3 is 0 Å². The minimum Gasteiger partial charge on any atom is -0.339 e. The average molecular weight is 339 g/mol. The minimum absolute atomic E-state index is 0.00241. The summed E-state index contributed by atoms with van der Waals surface area (Å²) in [5.41, 5.74) is 1.46. The molecular weight excluding hydrogens is 322 g/mol. The second kappa shape index (κ2) is 6.08. The largest absolute Gasteiger partial charge is 0.339 e. The van der Waals surface area contributed by atoms with E-state index in [0.29, 0.717) is 36.2 Å². The van der Waals surface area contributed by atoms with Crippen LogP contribution in [0.25, 0.3) is 11.4 Å². The summed E-state index contributed by atoms with van der Waals surface area (Å²) in [5.74, 6) is 1.87. The van der Waals surface area contributed by atoms with Gasteiger partial charge in [0.2, 0.25) is 11.7 Å². The van der Waals surface area contributed by atoms with Gasteiger partial charge in [0.05, 0.1) is 13.0 Å². The smallest absolute Gasteiger partial charge is 0.253 e. The Hall–Kier alpha value is -3.10. The van der Waals surface area contributed by atoms with Gasteiger partial charge in [0.15, 0.2) is 5.82 Å². The van der Waals surface area contributed by atoms with Gasteiger partial charge in [0, 0.05) is 24.2 Å². The first-order valence-electron chi connectivity index (χ1n) is 8.04. The van der Waals surface area contributed by atoms with Crippen LogP contribution in [0.4, 0.5) is 0 Å². The van der Waals surface area contributed by atoms with Crippen molar-refractivity contribution in [3.05, 3.63) is 41.5 Å². The number of nitrogens with zero attached hydrogens (tertiary/aromatic N) is 7. The summed E-state index contributed by atoms with van der Waals surface area (Å²) in [6, 6.07) is 7.24. The van der Waals surface area contributed by atoms with Gasteiger partial charge < -0.3 is 9.42 Å². The standard InChI is InChI=1S/C16H17N7O2/c1-10-17-15(25-20-10)13-7-8-23(9-13)16(24)12-5-3-11(4-6-12)14-18-21-22(2)19-14/h3-6,13H,7-9H2,1-2H3. The molecule has 0 aliphatic carbocycles. The summed E-state index contributed by atoms with van der Waals surface area (Å²) in [5, 5.41) is 15.8. The lowest BCUT2D eigenvalue weighted by atomic mass is 10.1. The van der Waals surface area contributed by atoms with Gasteiger partial charge in [0.1, 0.15) is 0 Å². The molecular formula is C16H17N7O2. The lowest BCUT2D eigenvalue weighted by Gasteiger charge is -2.15. The van der Waals surface area contributed by atoms with Crippen LogP contribution in [-0.2, 0) is 7.05 Å². The molecule has 9 nitrogen and oxygen atoms in total. The minimum atomic E-state index is -0.00241. The Morgan fingerprint density at radius 1 is 1.28 bits per heavy atom. The van der Waals surface area contributed by atoms with Crippen LogP contribution in [0.2, 0.25) is 0 Å². The number of carbonyl (C=O) groups is 1. The van der Waals surface area contributed by atoms with Crippen molar-refractivity contribution in [2.24, 2.45) is 7.05 Å². The van der Waals surface area contributed by atoms with E-state index in [2.05, 4.69) is 25.6 Å². The Morgan fingerprint density at radius 3 is 2.72 bits per heavy atom. The van der Waals surface area contributed by atoms with Gasteiger partial charge in [-0.2, -0.15) is 9.78 Å². The van der Waals surface area contributed by atoms with Crippen molar-refractivity contribution in [1.82, 2.24) is 35.2 Å². The van der Waals surface area contributed by atoms with E-state index in [1.807, 2.05) is 17.0 Å². The van der Waals surface area contributed by atoms with Gasteiger partial charge in [-0.15, -0.1) is 10.2 Å². The molecule has 9 heteroatoms. The maximum Gasteiger partial charge on any atom is 0.253 e. The van der Waals surface area contributed by atoms with Gasteiger partial charge in [-0.1, -0.05) is 17.3 Å². The van der Waals surface area contributed by atoms with E-state index in [1.165, 1.54) is 4.80 Å². The van der Waals surface area contributed by atoms with Gasteiger partial charge in [-0.05, 0) is 30.7 Å². The van der Waals surface area contributed by atoms with Crippen LogP contribution < -0.4 is 0 Å².